The van der Waals surface area contributed by atoms with Crippen molar-refractivity contribution in [3.8, 4) is 5.75 Å². The van der Waals surface area contributed by atoms with Crippen molar-refractivity contribution in [3.05, 3.63) is 42.2 Å². The van der Waals surface area contributed by atoms with Gasteiger partial charge in [-0.15, -0.1) is 0 Å². The second-order valence-electron chi connectivity index (χ2n) is 8.18. The number of aryl methyl sites for hydroxylation is 1. The van der Waals surface area contributed by atoms with Crippen molar-refractivity contribution in [1.82, 2.24) is 20.2 Å². The van der Waals surface area contributed by atoms with Crippen LogP contribution < -0.4 is 19.9 Å². The summed E-state index contributed by atoms with van der Waals surface area (Å²) in [5.74, 6) is 1.60. The van der Waals surface area contributed by atoms with E-state index >= 15 is 0 Å². The molecule has 2 aliphatic rings. The molecule has 2 fully saturated rings. The van der Waals surface area contributed by atoms with Crippen molar-refractivity contribution in [2.45, 2.75) is 26.8 Å². The fourth-order valence-corrected chi connectivity index (χ4v) is 4.03. The number of piperazine rings is 1. The van der Waals surface area contributed by atoms with Gasteiger partial charge < -0.3 is 19.9 Å². The number of amides is 2. The number of ether oxygens (including phenoxy) is 1. The number of hydrogen-bond donors (Lipinski definition) is 1. The lowest BCUT2D eigenvalue weighted by Gasteiger charge is -2.34. The Labute approximate surface area is 192 Å². The lowest BCUT2D eigenvalue weighted by atomic mass is 10.1. The highest BCUT2D eigenvalue weighted by atomic mass is 32.1. The molecule has 0 bridgehead atoms. The molecule has 2 aromatic heterocycles. The lowest BCUT2D eigenvalue weighted by Crippen LogP contribution is -2.49. The number of nitrogens with one attached hydrogen (secondary N) is 1. The minimum absolute atomic E-state index is 0.104. The largest absolute Gasteiger partial charge is 0.415 e. The molecule has 2 saturated heterocycles. The van der Waals surface area contributed by atoms with E-state index in [-0.39, 0.29) is 17.9 Å². The van der Waals surface area contributed by atoms with E-state index in [1.807, 2.05) is 39.0 Å². The van der Waals surface area contributed by atoms with E-state index in [0.717, 1.165) is 11.5 Å². The van der Waals surface area contributed by atoms with Crippen LogP contribution in [-0.2, 0) is 4.79 Å². The number of anilines is 2. The molecule has 4 rings (SSSR count). The average molecular weight is 455 g/mol. The molecule has 1 unspecified atom stereocenters. The average Bonchev–Trinajstić information content (AvgIpc) is 3.08. The summed E-state index contributed by atoms with van der Waals surface area (Å²) in [6.07, 6.45) is 1.00. The van der Waals surface area contributed by atoms with E-state index in [0.29, 0.717) is 42.9 Å². The summed E-state index contributed by atoms with van der Waals surface area (Å²) < 4.78 is 5.48. The molecule has 168 valence electrons. The molecule has 0 aromatic carbocycles. The maximum absolute atomic E-state index is 12.6. The Morgan fingerprint density at radius 2 is 1.91 bits per heavy atom. The van der Waals surface area contributed by atoms with Crippen molar-refractivity contribution in [2.75, 3.05) is 36.0 Å². The summed E-state index contributed by atoms with van der Waals surface area (Å²) in [7, 11) is 0. The van der Waals surface area contributed by atoms with Gasteiger partial charge in [-0.05, 0) is 49.3 Å². The Hall–Kier alpha value is -3.27. The van der Waals surface area contributed by atoms with Crippen molar-refractivity contribution in [3.63, 3.8) is 0 Å². The molecule has 2 amide bonds. The van der Waals surface area contributed by atoms with Gasteiger partial charge in [0.15, 0.2) is 10.9 Å². The van der Waals surface area contributed by atoms with E-state index in [4.69, 9.17) is 17.0 Å². The molecule has 9 nitrogen and oxygen atoms in total. The zero-order valence-corrected chi connectivity index (χ0v) is 19.1. The molecule has 32 heavy (non-hydrogen) atoms. The highest BCUT2D eigenvalue weighted by molar-refractivity contribution is 7.80. The zero-order chi connectivity index (χ0) is 22.8. The molecule has 2 aliphatic heterocycles. The van der Waals surface area contributed by atoms with E-state index in [2.05, 4.69) is 20.2 Å². The van der Waals surface area contributed by atoms with Crippen LogP contribution in [-0.4, -0.2) is 64.2 Å². The van der Waals surface area contributed by atoms with Crippen LogP contribution in [0.25, 0.3) is 0 Å². The first-order valence-corrected chi connectivity index (χ1v) is 11.0. The first-order chi connectivity index (χ1) is 15.3. The molecule has 1 atom stereocenters. The molecule has 10 heteroatoms. The number of carbonyl (C=O) groups excluding carboxylic acids is 2. The van der Waals surface area contributed by atoms with Crippen LogP contribution >= 0.6 is 12.2 Å². The number of hydrogen-bond acceptors (Lipinski definition) is 7. The maximum Gasteiger partial charge on any atom is 0.415 e. The topological polar surface area (TPSA) is 90.9 Å². The highest BCUT2D eigenvalue weighted by Crippen LogP contribution is 2.23. The second kappa shape index (κ2) is 9.07. The summed E-state index contributed by atoms with van der Waals surface area (Å²) in [5, 5.41) is 3.35. The Morgan fingerprint density at radius 3 is 2.50 bits per heavy atom. The van der Waals surface area contributed by atoms with Gasteiger partial charge in [0.25, 0.3) is 5.91 Å². The van der Waals surface area contributed by atoms with Crippen molar-refractivity contribution in [2.24, 2.45) is 5.92 Å². The summed E-state index contributed by atoms with van der Waals surface area (Å²) in [6.45, 7) is 8.31. The van der Waals surface area contributed by atoms with Gasteiger partial charge in [0, 0.05) is 31.9 Å². The van der Waals surface area contributed by atoms with Crippen LogP contribution in [0.1, 0.15) is 19.5 Å². The van der Waals surface area contributed by atoms with Gasteiger partial charge in [0.1, 0.15) is 17.7 Å². The number of rotatable bonds is 4. The van der Waals surface area contributed by atoms with Crippen molar-refractivity contribution in [1.29, 1.82) is 0 Å². The minimum Gasteiger partial charge on any atom is -0.409 e. The molecular formula is C22H26N6O3S. The first kappa shape index (κ1) is 21.9. The SMILES string of the molecule is Cc1cccc(N2CCN(C(=O)Oc3ccc(N4C(=O)C(C(C)C)NC4=S)nc3)CC2)n1. The first-order valence-electron chi connectivity index (χ1n) is 10.6. The molecular weight excluding hydrogens is 428 g/mol. The molecule has 0 radical (unpaired) electrons. The minimum atomic E-state index is -0.425. The molecule has 0 saturated carbocycles. The molecule has 4 heterocycles. The zero-order valence-electron chi connectivity index (χ0n) is 18.3. The number of nitrogens with zero attached hydrogens (tertiary/aromatic N) is 5. The third-order valence-electron chi connectivity index (χ3n) is 5.53. The van der Waals surface area contributed by atoms with Gasteiger partial charge in [-0.3, -0.25) is 4.79 Å². The predicted octanol–water partition coefficient (Wildman–Crippen LogP) is 2.35. The van der Waals surface area contributed by atoms with Crippen LogP contribution in [0.5, 0.6) is 5.75 Å². The highest BCUT2D eigenvalue weighted by Gasteiger charge is 2.38. The van der Waals surface area contributed by atoms with Crippen LogP contribution in [0, 0.1) is 12.8 Å². The third kappa shape index (κ3) is 4.50. The summed E-state index contributed by atoms with van der Waals surface area (Å²) in [6, 6.07) is 8.79. The van der Waals surface area contributed by atoms with Crippen LogP contribution in [0.15, 0.2) is 36.5 Å². The van der Waals surface area contributed by atoms with E-state index in [9.17, 15) is 9.59 Å². The maximum atomic E-state index is 12.6. The van der Waals surface area contributed by atoms with Crippen molar-refractivity contribution < 1.29 is 14.3 Å². The van der Waals surface area contributed by atoms with E-state index in [1.54, 1.807) is 17.0 Å². The number of pyridine rings is 2. The van der Waals surface area contributed by atoms with E-state index < -0.39 is 6.09 Å². The smallest absolute Gasteiger partial charge is 0.409 e. The standard InChI is InChI=1S/C22H26N6O3S/c1-14(2)19-20(29)28(21(32)25-19)17-8-7-16(13-23-17)31-22(30)27-11-9-26(10-12-27)18-6-4-5-15(3)24-18/h4-8,13-14,19H,9-12H2,1-3H3,(H,25,32). The lowest BCUT2D eigenvalue weighted by molar-refractivity contribution is -0.119. The van der Waals surface area contributed by atoms with Gasteiger partial charge in [0.05, 0.1) is 6.20 Å². The Bertz CT molecular complexity index is 1020. The molecule has 0 spiro atoms. The summed E-state index contributed by atoms with van der Waals surface area (Å²) >= 11 is 5.29. The predicted molar refractivity (Wildman–Crippen MR) is 125 cm³/mol. The number of aromatic nitrogens is 2. The van der Waals surface area contributed by atoms with E-state index in [1.165, 1.54) is 11.1 Å². The fourth-order valence-electron chi connectivity index (χ4n) is 3.72. The normalized spacial score (nSPS) is 18.9. The van der Waals surface area contributed by atoms with Crippen LogP contribution in [0.3, 0.4) is 0 Å². The number of carbonyl (C=O) groups is 2. The third-order valence-corrected chi connectivity index (χ3v) is 5.83. The van der Waals surface area contributed by atoms with Gasteiger partial charge >= 0.3 is 6.09 Å². The van der Waals surface area contributed by atoms with Gasteiger partial charge in [-0.2, -0.15) is 0 Å². The monoisotopic (exact) mass is 454 g/mol. The Kier molecular flexibility index (Phi) is 6.22. The van der Waals surface area contributed by atoms with Gasteiger partial charge in [-0.1, -0.05) is 19.9 Å². The quantitative estimate of drug-likeness (QED) is 0.704. The van der Waals surface area contributed by atoms with Gasteiger partial charge in [0.2, 0.25) is 0 Å². The summed E-state index contributed by atoms with van der Waals surface area (Å²) in [5.41, 5.74) is 0.965. The van der Waals surface area contributed by atoms with Crippen molar-refractivity contribution >= 4 is 41.0 Å². The molecule has 1 N–H and O–H groups in total. The Balaban J connectivity index is 1.34. The Morgan fingerprint density at radius 1 is 1.16 bits per heavy atom. The molecule has 0 aliphatic carbocycles. The molecule has 2 aromatic rings. The second-order valence-corrected chi connectivity index (χ2v) is 8.56. The fraction of sp³-hybridized carbons (Fsp3) is 0.409. The summed E-state index contributed by atoms with van der Waals surface area (Å²) in [4.78, 5) is 39.2. The van der Waals surface area contributed by atoms with Crippen LogP contribution in [0.4, 0.5) is 16.4 Å². The van der Waals surface area contributed by atoms with Crippen LogP contribution in [0.2, 0.25) is 0 Å². The number of thiocarbonyl (C=S) groups is 1. The van der Waals surface area contributed by atoms with Gasteiger partial charge in [-0.25, -0.2) is 19.7 Å².